The molecule has 35 heavy (non-hydrogen) atoms. The van der Waals surface area contributed by atoms with Gasteiger partial charge in [-0.2, -0.15) is 0 Å². The van der Waals surface area contributed by atoms with Gasteiger partial charge in [-0.05, 0) is 42.7 Å². The van der Waals surface area contributed by atoms with Gasteiger partial charge in [-0.25, -0.2) is 8.42 Å². The molecule has 8 heteroatoms. The third-order valence-electron chi connectivity index (χ3n) is 7.19. The van der Waals surface area contributed by atoms with Gasteiger partial charge in [0.15, 0.2) is 0 Å². The number of hydrogen-bond donors (Lipinski definition) is 1. The number of nitro groups is 1. The predicted octanol–water partition coefficient (Wildman–Crippen LogP) is 6.75. The highest BCUT2D eigenvalue weighted by Gasteiger charge is 2.32. The topological polar surface area (TPSA) is 102 Å². The van der Waals surface area contributed by atoms with Crippen LogP contribution in [0.3, 0.4) is 0 Å². The minimum atomic E-state index is -4.08. The number of aryl methyl sites for hydroxylation is 2. The van der Waals surface area contributed by atoms with E-state index in [1.165, 1.54) is 12.1 Å². The maximum atomic E-state index is 13.4. The lowest BCUT2D eigenvalue weighted by Crippen LogP contribution is -2.26. The number of benzene rings is 3. The maximum Gasteiger partial charge on any atom is 0.270 e. The molecule has 3 aromatic carbocycles. The van der Waals surface area contributed by atoms with Crippen LogP contribution in [0.4, 0.5) is 11.4 Å². The molecule has 0 radical (unpaired) electrons. The van der Waals surface area contributed by atoms with Gasteiger partial charge < -0.3 is 4.42 Å². The summed E-state index contributed by atoms with van der Waals surface area (Å²) in [6.45, 7) is 8.38. The Morgan fingerprint density at radius 1 is 1.06 bits per heavy atom. The second kappa shape index (κ2) is 8.09. The summed E-state index contributed by atoms with van der Waals surface area (Å²) in [7, 11) is -4.08. The van der Waals surface area contributed by atoms with Crippen molar-refractivity contribution < 1.29 is 17.8 Å². The van der Waals surface area contributed by atoms with Gasteiger partial charge >= 0.3 is 0 Å². The van der Waals surface area contributed by atoms with E-state index in [9.17, 15) is 18.5 Å². The Labute approximate surface area is 204 Å². The van der Waals surface area contributed by atoms with E-state index in [0.717, 1.165) is 53.0 Å². The van der Waals surface area contributed by atoms with Crippen molar-refractivity contribution in [2.45, 2.75) is 51.9 Å². The number of sulfonamides is 1. The minimum Gasteiger partial charge on any atom is -0.460 e. The Balaban J connectivity index is 1.67. The van der Waals surface area contributed by atoms with Crippen molar-refractivity contribution in [2.75, 3.05) is 4.72 Å². The second-order valence-electron chi connectivity index (χ2n) is 10.5. The monoisotopic (exact) mass is 492 g/mol. The van der Waals surface area contributed by atoms with Gasteiger partial charge in [-0.15, -0.1) is 0 Å². The van der Waals surface area contributed by atoms with Crippen molar-refractivity contribution in [3.8, 4) is 0 Å². The van der Waals surface area contributed by atoms with E-state index >= 15 is 0 Å². The fourth-order valence-electron chi connectivity index (χ4n) is 5.11. The average molecular weight is 493 g/mol. The summed E-state index contributed by atoms with van der Waals surface area (Å²) in [5.74, 6) is 1.47. The first kappa shape index (κ1) is 23.4. The number of fused-ring (bicyclic) bond motifs is 5. The van der Waals surface area contributed by atoms with E-state index in [4.69, 9.17) is 4.42 Å². The van der Waals surface area contributed by atoms with Crippen molar-refractivity contribution in [1.29, 1.82) is 0 Å². The number of anilines is 1. The summed E-state index contributed by atoms with van der Waals surface area (Å²) >= 11 is 0. The number of furan rings is 1. The smallest absolute Gasteiger partial charge is 0.270 e. The fraction of sp³-hybridized carbons (Fsp3) is 0.333. The fourth-order valence-corrected chi connectivity index (χ4v) is 6.45. The number of non-ortho nitro benzene ring substituents is 1. The average Bonchev–Trinajstić information content (AvgIpc) is 3.16. The third kappa shape index (κ3) is 4.05. The van der Waals surface area contributed by atoms with Gasteiger partial charge in [0.25, 0.3) is 15.7 Å². The lowest BCUT2D eigenvalue weighted by molar-refractivity contribution is -0.385. The van der Waals surface area contributed by atoms with E-state index in [-0.39, 0.29) is 16.0 Å². The normalized spacial score (nSPS) is 16.4. The molecular weight excluding hydrogens is 464 g/mol. The molecule has 0 saturated carbocycles. The van der Waals surface area contributed by atoms with Crippen molar-refractivity contribution >= 4 is 43.1 Å². The van der Waals surface area contributed by atoms with Crippen molar-refractivity contribution in [1.82, 2.24) is 0 Å². The van der Waals surface area contributed by atoms with Crippen LogP contribution in [0.2, 0.25) is 0 Å². The van der Waals surface area contributed by atoms with Crippen LogP contribution in [-0.4, -0.2) is 13.3 Å². The number of rotatable bonds is 4. The molecule has 1 atom stereocenters. The molecular formula is C27H28N2O5S. The molecule has 4 aromatic rings. The largest absolute Gasteiger partial charge is 0.460 e. The SMILES string of the molecule is Cc1ccc([N+](=O)[O-])cc1S(=O)(=O)Nc1cc2c3c(oc2c2ccccc12)CC[C@@H](C(C)(C)C)C3. The molecule has 1 aliphatic carbocycles. The van der Waals surface area contributed by atoms with E-state index < -0.39 is 14.9 Å². The Morgan fingerprint density at radius 2 is 1.77 bits per heavy atom. The van der Waals surface area contributed by atoms with Gasteiger partial charge in [-0.3, -0.25) is 14.8 Å². The first-order valence-electron chi connectivity index (χ1n) is 11.7. The lowest BCUT2D eigenvalue weighted by Gasteiger charge is -2.33. The lowest BCUT2D eigenvalue weighted by atomic mass is 9.71. The Kier molecular flexibility index (Phi) is 5.40. The number of nitrogens with zero attached hydrogens (tertiary/aromatic N) is 1. The predicted molar refractivity (Wildman–Crippen MR) is 137 cm³/mol. The molecule has 1 N–H and O–H groups in total. The van der Waals surface area contributed by atoms with Crippen LogP contribution < -0.4 is 4.72 Å². The Hall–Kier alpha value is -3.39. The molecule has 0 saturated heterocycles. The molecule has 1 aliphatic rings. The van der Waals surface area contributed by atoms with E-state index in [0.29, 0.717) is 22.6 Å². The highest BCUT2D eigenvalue weighted by Crippen LogP contribution is 2.44. The quantitative estimate of drug-likeness (QED) is 0.251. The number of nitrogens with one attached hydrogen (secondary N) is 1. The van der Waals surface area contributed by atoms with Crippen molar-refractivity contribution in [2.24, 2.45) is 11.3 Å². The highest BCUT2D eigenvalue weighted by atomic mass is 32.2. The van der Waals surface area contributed by atoms with Crippen LogP contribution >= 0.6 is 0 Å². The van der Waals surface area contributed by atoms with E-state index in [1.807, 2.05) is 30.3 Å². The zero-order valence-corrected chi connectivity index (χ0v) is 21.0. The minimum absolute atomic E-state index is 0.113. The van der Waals surface area contributed by atoms with Gasteiger partial charge in [0.05, 0.1) is 15.5 Å². The first-order chi connectivity index (χ1) is 16.5. The number of nitro benzene ring substituents is 1. The summed E-state index contributed by atoms with van der Waals surface area (Å²) < 4.78 is 35.9. The van der Waals surface area contributed by atoms with Crippen LogP contribution in [0.1, 0.15) is 44.1 Å². The summed E-state index contributed by atoms with van der Waals surface area (Å²) in [5.41, 5.74) is 2.66. The third-order valence-corrected chi connectivity index (χ3v) is 8.70. The summed E-state index contributed by atoms with van der Waals surface area (Å²) in [4.78, 5) is 10.5. The van der Waals surface area contributed by atoms with Gasteiger partial charge in [-0.1, -0.05) is 51.1 Å². The summed E-state index contributed by atoms with van der Waals surface area (Å²) in [6, 6.07) is 13.3. The van der Waals surface area contributed by atoms with Gasteiger partial charge in [0.1, 0.15) is 11.3 Å². The standard InChI is InChI=1S/C27H28N2O5S/c1-16-9-11-18(29(30)31)14-25(16)35(32,33)28-23-15-22-21-13-17(27(2,3)4)10-12-24(21)34-26(22)20-8-6-5-7-19(20)23/h5-9,11,14-15,17,28H,10,12-13H2,1-4H3/t17-/m1/s1. The maximum absolute atomic E-state index is 13.4. The van der Waals surface area contributed by atoms with Crippen LogP contribution in [0.15, 0.2) is 57.8 Å². The summed E-state index contributed by atoms with van der Waals surface area (Å²) in [5, 5.41) is 13.7. The van der Waals surface area contributed by atoms with Crippen LogP contribution in [0.5, 0.6) is 0 Å². The Morgan fingerprint density at radius 3 is 2.46 bits per heavy atom. The molecule has 0 spiro atoms. The zero-order valence-electron chi connectivity index (χ0n) is 20.2. The molecule has 1 heterocycles. The van der Waals surface area contributed by atoms with Crippen molar-refractivity contribution in [3.05, 3.63) is 75.5 Å². The van der Waals surface area contributed by atoms with Gasteiger partial charge in [0.2, 0.25) is 0 Å². The van der Waals surface area contributed by atoms with Crippen LogP contribution in [0.25, 0.3) is 21.7 Å². The second-order valence-corrected chi connectivity index (χ2v) is 12.1. The molecule has 0 amide bonds. The Bertz CT molecular complexity index is 1600. The molecule has 5 rings (SSSR count). The summed E-state index contributed by atoms with van der Waals surface area (Å²) in [6.07, 6.45) is 2.79. The zero-order chi connectivity index (χ0) is 25.1. The molecule has 7 nitrogen and oxygen atoms in total. The molecule has 1 aromatic heterocycles. The molecule has 0 fully saturated rings. The van der Waals surface area contributed by atoms with Crippen LogP contribution in [0, 0.1) is 28.4 Å². The van der Waals surface area contributed by atoms with Gasteiger partial charge in [0, 0.05) is 40.3 Å². The molecule has 0 bridgehead atoms. The van der Waals surface area contributed by atoms with E-state index in [2.05, 4.69) is 25.5 Å². The molecule has 182 valence electrons. The van der Waals surface area contributed by atoms with Crippen LogP contribution in [-0.2, 0) is 22.9 Å². The highest BCUT2D eigenvalue weighted by molar-refractivity contribution is 7.92. The van der Waals surface area contributed by atoms with E-state index in [1.54, 1.807) is 6.92 Å². The number of hydrogen-bond acceptors (Lipinski definition) is 5. The molecule has 0 aliphatic heterocycles. The van der Waals surface area contributed by atoms with Crippen molar-refractivity contribution in [3.63, 3.8) is 0 Å². The first-order valence-corrected chi connectivity index (χ1v) is 13.2. The molecule has 0 unspecified atom stereocenters.